The maximum Gasteiger partial charge on any atom is 0.331 e. The number of nitro groups is 2. The Morgan fingerprint density at radius 1 is 1.10 bits per heavy atom. The molecule has 2 aromatic rings. The Morgan fingerprint density at radius 3 is 2.33 bits per heavy atom. The molecule has 0 N–H and O–H groups in total. The molecular weight excluding hydrogens is 302 g/mol. The van der Waals surface area contributed by atoms with Gasteiger partial charge in [-0.3, -0.25) is 20.2 Å². The third-order valence-electron chi connectivity index (χ3n) is 2.52. The zero-order valence-electron chi connectivity index (χ0n) is 10.6. The molecule has 0 aliphatic carbocycles. The van der Waals surface area contributed by atoms with E-state index >= 15 is 0 Å². The molecule has 8 nitrogen and oxygen atoms in total. The van der Waals surface area contributed by atoms with Crippen LogP contribution in [0.5, 0.6) is 11.6 Å². The van der Waals surface area contributed by atoms with Gasteiger partial charge in [0.05, 0.1) is 9.85 Å². The van der Waals surface area contributed by atoms with Crippen LogP contribution >= 0.6 is 11.6 Å². The topological polar surface area (TPSA) is 108 Å². The van der Waals surface area contributed by atoms with Crippen molar-refractivity contribution in [1.82, 2.24) is 4.98 Å². The van der Waals surface area contributed by atoms with Crippen molar-refractivity contribution in [3.8, 4) is 11.6 Å². The first-order valence-corrected chi connectivity index (χ1v) is 6.00. The molecule has 108 valence electrons. The van der Waals surface area contributed by atoms with Crippen LogP contribution in [-0.4, -0.2) is 14.8 Å². The van der Waals surface area contributed by atoms with Gasteiger partial charge in [-0.05, 0) is 24.6 Å². The Balaban J connectivity index is 2.52. The summed E-state index contributed by atoms with van der Waals surface area (Å²) in [4.78, 5) is 24.2. The van der Waals surface area contributed by atoms with E-state index in [1.54, 1.807) is 6.92 Å². The Bertz CT molecular complexity index is 673. The normalized spacial score (nSPS) is 10.2. The number of halogens is 1. The molecule has 1 aromatic heterocycles. The van der Waals surface area contributed by atoms with Crippen molar-refractivity contribution in [2.75, 3.05) is 0 Å². The largest absolute Gasteiger partial charge is 0.426 e. The average molecular weight is 310 g/mol. The molecule has 0 bridgehead atoms. The first kappa shape index (κ1) is 14.7. The van der Waals surface area contributed by atoms with Gasteiger partial charge in [0.15, 0.2) is 0 Å². The summed E-state index contributed by atoms with van der Waals surface area (Å²) in [5.41, 5.74) is -0.0628. The van der Waals surface area contributed by atoms with Crippen LogP contribution in [0.25, 0.3) is 0 Å². The fraction of sp³-hybridized carbons (Fsp3) is 0.0833. The lowest BCUT2D eigenvalue weighted by Crippen LogP contribution is -1.99. The van der Waals surface area contributed by atoms with Gasteiger partial charge in [-0.2, -0.15) is 4.98 Å². The fourth-order valence-electron chi connectivity index (χ4n) is 1.58. The summed E-state index contributed by atoms with van der Waals surface area (Å²) < 4.78 is 5.25. The third kappa shape index (κ3) is 3.23. The van der Waals surface area contributed by atoms with Gasteiger partial charge in [0.2, 0.25) is 5.75 Å². The predicted molar refractivity (Wildman–Crippen MR) is 73.8 cm³/mol. The van der Waals surface area contributed by atoms with E-state index in [0.717, 1.165) is 6.07 Å². The first-order chi connectivity index (χ1) is 9.88. The number of benzene rings is 1. The Morgan fingerprint density at radius 2 is 1.71 bits per heavy atom. The molecule has 0 radical (unpaired) electrons. The highest BCUT2D eigenvalue weighted by Gasteiger charge is 2.22. The molecule has 1 aromatic carbocycles. The number of hydrogen-bond acceptors (Lipinski definition) is 6. The number of aromatic nitrogens is 1. The van der Waals surface area contributed by atoms with Crippen LogP contribution in [0.2, 0.25) is 5.15 Å². The molecule has 0 amide bonds. The minimum Gasteiger partial charge on any atom is -0.426 e. The van der Waals surface area contributed by atoms with Crippen LogP contribution in [-0.2, 0) is 0 Å². The number of nitro benzene ring substituents is 1. The van der Waals surface area contributed by atoms with Gasteiger partial charge in [0, 0.05) is 12.1 Å². The van der Waals surface area contributed by atoms with E-state index in [9.17, 15) is 20.2 Å². The SMILES string of the molecule is Cc1ccc([N+](=O)[O-])c(Oc2nc(Cl)ccc2[N+](=O)[O-])c1. The second-order valence-corrected chi connectivity index (χ2v) is 4.43. The monoisotopic (exact) mass is 309 g/mol. The second-order valence-electron chi connectivity index (χ2n) is 4.05. The minimum atomic E-state index is -0.708. The number of rotatable bonds is 4. The van der Waals surface area contributed by atoms with Gasteiger partial charge in [0.1, 0.15) is 5.15 Å². The second kappa shape index (κ2) is 5.71. The van der Waals surface area contributed by atoms with E-state index in [0.29, 0.717) is 5.56 Å². The summed E-state index contributed by atoms with van der Waals surface area (Å²) in [6.07, 6.45) is 0. The highest BCUT2D eigenvalue weighted by molar-refractivity contribution is 6.29. The molecule has 0 aliphatic heterocycles. The standard InChI is InChI=1S/C12H8ClN3O5/c1-7-2-3-8(15(17)18)10(6-7)21-12-9(16(19)20)4-5-11(13)14-12/h2-6H,1H3. The van der Waals surface area contributed by atoms with Crippen LogP contribution < -0.4 is 4.74 Å². The Hall–Kier alpha value is -2.74. The van der Waals surface area contributed by atoms with E-state index in [-0.39, 0.29) is 16.6 Å². The molecular formula is C12H8ClN3O5. The van der Waals surface area contributed by atoms with Gasteiger partial charge in [-0.25, -0.2) is 0 Å². The highest BCUT2D eigenvalue weighted by atomic mass is 35.5. The summed E-state index contributed by atoms with van der Waals surface area (Å²) >= 11 is 5.67. The van der Waals surface area contributed by atoms with E-state index < -0.39 is 21.4 Å². The van der Waals surface area contributed by atoms with Crippen molar-refractivity contribution in [2.45, 2.75) is 6.92 Å². The zero-order chi connectivity index (χ0) is 15.6. The maximum absolute atomic E-state index is 11.0. The lowest BCUT2D eigenvalue weighted by molar-refractivity contribution is -0.387. The van der Waals surface area contributed by atoms with E-state index in [2.05, 4.69) is 4.98 Å². The Kier molecular flexibility index (Phi) is 3.99. The summed E-state index contributed by atoms with van der Waals surface area (Å²) in [6.45, 7) is 1.70. The summed E-state index contributed by atoms with van der Waals surface area (Å²) in [7, 11) is 0. The maximum atomic E-state index is 11.0. The minimum absolute atomic E-state index is 0.0223. The molecule has 0 atom stereocenters. The number of nitrogens with zero attached hydrogens (tertiary/aromatic N) is 3. The highest BCUT2D eigenvalue weighted by Crippen LogP contribution is 2.35. The summed E-state index contributed by atoms with van der Waals surface area (Å²) in [6, 6.07) is 6.53. The fourth-order valence-corrected chi connectivity index (χ4v) is 1.72. The molecule has 2 rings (SSSR count). The van der Waals surface area contributed by atoms with Crippen molar-refractivity contribution in [3.05, 3.63) is 61.3 Å². The van der Waals surface area contributed by atoms with Crippen LogP contribution in [0.15, 0.2) is 30.3 Å². The smallest absolute Gasteiger partial charge is 0.331 e. The van der Waals surface area contributed by atoms with Crippen molar-refractivity contribution in [3.63, 3.8) is 0 Å². The quantitative estimate of drug-likeness (QED) is 0.484. The first-order valence-electron chi connectivity index (χ1n) is 5.62. The summed E-state index contributed by atoms with van der Waals surface area (Å²) in [5.74, 6) is -0.543. The van der Waals surface area contributed by atoms with E-state index in [1.807, 2.05) is 0 Å². The lowest BCUT2D eigenvalue weighted by atomic mass is 10.2. The van der Waals surface area contributed by atoms with E-state index in [1.165, 1.54) is 24.3 Å². The van der Waals surface area contributed by atoms with Gasteiger partial charge in [-0.15, -0.1) is 0 Å². The molecule has 9 heteroatoms. The van der Waals surface area contributed by atoms with Crippen molar-refractivity contribution in [1.29, 1.82) is 0 Å². The predicted octanol–water partition coefficient (Wildman–Crippen LogP) is 3.65. The Labute approximate surface area is 123 Å². The molecule has 0 spiro atoms. The molecule has 1 heterocycles. The van der Waals surface area contributed by atoms with Gasteiger partial charge >= 0.3 is 17.3 Å². The van der Waals surface area contributed by atoms with Gasteiger partial charge in [-0.1, -0.05) is 17.7 Å². The molecule has 0 aliphatic rings. The van der Waals surface area contributed by atoms with Crippen molar-refractivity contribution in [2.24, 2.45) is 0 Å². The van der Waals surface area contributed by atoms with Crippen LogP contribution in [0, 0.1) is 27.2 Å². The molecule has 0 fully saturated rings. The average Bonchev–Trinajstić information content (AvgIpc) is 2.38. The van der Waals surface area contributed by atoms with Gasteiger partial charge in [0.25, 0.3) is 0 Å². The van der Waals surface area contributed by atoms with Crippen molar-refractivity contribution >= 4 is 23.0 Å². The third-order valence-corrected chi connectivity index (χ3v) is 2.73. The number of ether oxygens (including phenoxy) is 1. The van der Waals surface area contributed by atoms with E-state index in [4.69, 9.17) is 16.3 Å². The molecule has 21 heavy (non-hydrogen) atoms. The van der Waals surface area contributed by atoms with Crippen LogP contribution in [0.4, 0.5) is 11.4 Å². The molecule has 0 saturated carbocycles. The lowest BCUT2D eigenvalue weighted by Gasteiger charge is -2.07. The number of aryl methyl sites for hydroxylation is 1. The number of hydrogen-bond donors (Lipinski definition) is 0. The summed E-state index contributed by atoms with van der Waals surface area (Å²) in [5, 5.41) is 21.8. The van der Waals surface area contributed by atoms with Crippen molar-refractivity contribution < 1.29 is 14.6 Å². The zero-order valence-corrected chi connectivity index (χ0v) is 11.4. The van der Waals surface area contributed by atoms with Crippen LogP contribution in [0.1, 0.15) is 5.56 Å². The molecule has 0 unspecified atom stereocenters. The van der Waals surface area contributed by atoms with Gasteiger partial charge < -0.3 is 4.74 Å². The van der Waals surface area contributed by atoms with Crippen LogP contribution in [0.3, 0.4) is 0 Å². The number of pyridine rings is 1. The molecule has 0 saturated heterocycles.